The summed E-state index contributed by atoms with van der Waals surface area (Å²) in [4.78, 5) is 26.9. The Labute approximate surface area is 193 Å². The van der Waals surface area contributed by atoms with Gasteiger partial charge in [-0.2, -0.15) is 0 Å². The Kier molecular flexibility index (Phi) is 6.20. The van der Waals surface area contributed by atoms with Gasteiger partial charge in [0, 0.05) is 17.9 Å². The molecule has 0 radical (unpaired) electrons. The van der Waals surface area contributed by atoms with Gasteiger partial charge in [-0.25, -0.2) is 13.2 Å². The number of nitrogens with one attached hydrogen (secondary N) is 1. The Morgan fingerprint density at radius 1 is 1.00 bits per heavy atom. The number of para-hydroxylation sites is 1. The molecule has 0 bridgehead atoms. The molecule has 1 aliphatic rings. The third-order valence-corrected chi connectivity index (χ3v) is 6.90. The third kappa shape index (κ3) is 4.90. The van der Waals surface area contributed by atoms with Crippen molar-refractivity contribution >= 4 is 33.3 Å². The summed E-state index contributed by atoms with van der Waals surface area (Å²) >= 11 is 0. The van der Waals surface area contributed by atoms with Gasteiger partial charge in [-0.3, -0.25) is 9.52 Å². The molecule has 0 fully saturated rings. The van der Waals surface area contributed by atoms with E-state index in [1.807, 2.05) is 37.3 Å². The van der Waals surface area contributed by atoms with Crippen LogP contribution in [0, 0.1) is 13.8 Å². The molecule has 0 spiro atoms. The number of rotatable bonds is 6. The van der Waals surface area contributed by atoms with E-state index >= 15 is 0 Å². The Morgan fingerprint density at radius 2 is 1.79 bits per heavy atom. The fraction of sp³-hybridized carbons (Fsp3) is 0.200. The first-order valence-corrected chi connectivity index (χ1v) is 12.0. The van der Waals surface area contributed by atoms with E-state index in [4.69, 9.17) is 4.74 Å². The van der Waals surface area contributed by atoms with Crippen molar-refractivity contribution in [3.05, 3.63) is 89.0 Å². The number of carbonyl (C=O) groups is 2. The van der Waals surface area contributed by atoms with Crippen molar-refractivity contribution in [3.63, 3.8) is 0 Å². The molecule has 1 aliphatic heterocycles. The van der Waals surface area contributed by atoms with Crippen LogP contribution in [0.2, 0.25) is 0 Å². The number of hydrogen-bond donors (Lipinski definition) is 1. The zero-order valence-electron chi connectivity index (χ0n) is 18.4. The van der Waals surface area contributed by atoms with Crippen LogP contribution in [0.4, 0.5) is 11.4 Å². The van der Waals surface area contributed by atoms with Crippen LogP contribution < -0.4 is 9.62 Å². The van der Waals surface area contributed by atoms with Gasteiger partial charge in [0.1, 0.15) is 0 Å². The monoisotopic (exact) mass is 464 g/mol. The maximum atomic E-state index is 12.8. The predicted molar refractivity (Wildman–Crippen MR) is 126 cm³/mol. The smallest absolute Gasteiger partial charge is 0.338 e. The van der Waals surface area contributed by atoms with Crippen molar-refractivity contribution in [1.82, 2.24) is 0 Å². The zero-order chi connectivity index (χ0) is 23.6. The lowest BCUT2D eigenvalue weighted by Crippen LogP contribution is -2.33. The number of amides is 1. The molecule has 8 heteroatoms. The van der Waals surface area contributed by atoms with Crippen molar-refractivity contribution in [1.29, 1.82) is 0 Å². The quantitative estimate of drug-likeness (QED) is 0.560. The van der Waals surface area contributed by atoms with Crippen LogP contribution in [0.15, 0.2) is 71.6 Å². The van der Waals surface area contributed by atoms with E-state index in [1.54, 1.807) is 36.1 Å². The number of carbonyl (C=O) groups excluding carboxylic acids is 2. The number of anilines is 2. The largest absolute Gasteiger partial charge is 0.452 e. The second-order valence-electron chi connectivity index (χ2n) is 7.95. The minimum Gasteiger partial charge on any atom is -0.452 e. The molecule has 3 aromatic rings. The van der Waals surface area contributed by atoms with Gasteiger partial charge in [-0.05, 0) is 67.3 Å². The molecular formula is C25H24N2O5S. The van der Waals surface area contributed by atoms with E-state index in [9.17, 15) is 18.0 Å². The zero-order valence-corrected chi connectivity index (χ0v) is 19.2. The first kappa shape index (κ1) is 22.5. The Balaban J connectivity index is 1.47. The van der Waals surface area contributed by atoms with Crippen LogP contribution in [0.3, 0.4) is 0 Å². The molecule has 7 nitrogen and oxygen atoms in total. The van der Waals surface area contributed by atoms with Gasteiger partial charge >= 0.3 is 5.97 Å². The minimum atomic E-state index is -3.91. The van der Waals surface area contributed by atoms with Crippen LogP contribution in [-0.2, 0) is 26.0 Å². The van der Waals surface area contributed by atoms with Gasteiger partial charge in [0.05, 0.1) is 10.5 Å². The number of benzene rings is 3. The van der Waals surface area contributed by atoms with Gasteiger partial charge in [0.15, 0.2) is 6.61 Å². The molecule has 0 aliphatic carbocycles. The fourth-order valence-corrected chi connectivity index (χ4v) is 4.87. The fourth-order valence-electron chi connectivity index (χ4n) is 3.79. The van der Waals surface area contributed by atoms with Crippen molar-refractivity contribution in [2.24, 2.45) is 0 Å². The van der Waals surface area contributed by atoms with Gasteiger partial charge in [0.2, 0.25) is 0 Å². The molecule has 4 rings (SSSR count). The summed E-state index contributed by atoms with van der Waals surface area (Å²) in [6.45, 7) is 3.65. The van der Waals surface area contributed by atoms with Crippen LogP contribution in [0.5, 0.6) is 0 Å². The van der Waals surface area contributed by atoms with E-state index in [0.717, 1.165) is 23.2 Å². The Hall–Kier alpha value is -3.65. The van der Waals surface area contributed by atoms with Gasteiger partial charge in [0.25, 0.3) is 15.9 Å². The summed E-state index contributed by atoms with van der Waals surface area (Å²) < 4.78 is 33.4. The molecular weight excluding hydrogens is 440 g/mol. The summed E-state index contributed by atoms with van der Waals surface area (Å²) in [6, 6.07) is 18.8. The number of esters is 1. The number of aryl methyl sites for hydroxylation is 2. The van der Waals surface area contributed by atoms with Crippen molar-refractivity contribution < 1.29 is 22.7 Å². The standard InChI is InChI=1S/C25H24N2O5S/c1-17-6-5-8-20(14-17)26-33(30,31)21-11-10-18(2)22(15-21)25(29)32-16-24(28)27-13-12-19-7-3-4-9-23(19)27/h3-11,14-15,26H,12-13,16H2,1-2H3. The SMILES string of the molecule is Cc1cccc(NS(=O)(=O)c2ccc(C)c(C(=O)OCC(=O)N3CCc4ccccc43)c2)c1. The molecule has 170 valence electrons. The van der Waals surface area contributed by atoms with E-state index in [-0.39, 0.29) is 16.4 Å². The molecule has 1 N–H and O–H groups in total. The van der Waals surface area contributed by atoms with Gasteiger partial charge < -0.3 is 9.64 Å². The highest BCUT2D eigenvalue weighted by Gasteiger charge is 2.26. The van der Waals surface area contributed by atoms with Crippen LogP contribution in [0.25, 0.3) is 0 Å². The highest BCUT2D eigenvalue weighted by Crippen LogP contribution is 2.27. The summed E-state index contributed by atoms with van der Waals surface area (Å²) in [7, 11) is -3.91. The number of fused-ring (bicyclic) bond motifs is 1. The van der Waals surface area contributed by atoms with E-state index in [2.05, 4.69) is 4.72 Å². The lowest BCUT2D eigenvalue weighted by atomic mass is 10.1. The van der Waals surface area contributed by atoms with Crippen LogP contribution >= 0.6 is 0 Å². The average Bonchev–Trinajstić information content (AvgIpc) is 3.21. The molecule has 33 heavy (non-hydrogen) atoms. The lowest BCUT2D eigenvalue weighted by molar-refractivity contribution is -0.121. The minimum absolute atomic E-state index is 0.0682. The molecule has 0 saturated carbocycles. The predicted octanol–water partition coefficient (Wildman–Crippen LogP) is 3.85. The maximum absolute atomic E-state index is 12.8. The summed E-state index contributed by atoms with van der Waals surface area (Å²) in [5.41, 5.74) is 3.88. The normalized spacial score (nSPS) is 12.8. The van der Waals surface area contributed by atoms with E-state index in [0.29, 0.717) is 17.8 Å². The first-order valence-electron chi connectivity index (χ1n) is 10.5. The highest BCUT2D eigenvalue weighted by molar-refractivity contribution is 7.92. The van der Waals surface area contributed by atoms with Gasteiger partial charge in [-0.1, -0.05) is 36.4 Å². The molecule has 0 aromatic heterocycles. The number of hydrogen-bond acceptors (Lipinski definition) is 5. The molecule has 1 heterocycles. The van der Waals surface area contributed by atoms with Crippen molar-refractivity contribution in [2.75, 3.05) is 22.8 Å². The second-order valence-corrected chi connectivity index (χ2v) is 9.63. The van der Waals surface area contributed by atoms with Crippen LogP contribution in [-0.4, -0.2) is 33.4 Å². The molecule has 0 atom stereocenters. The highest BCUT2D eigenvalue weighted by atomic mass is 32.2. The number of ether oxygens (including phenoxy) is 1. The average molecular weight is 465 g/mol. The lowest BCUT2D eigenvalue weighted by Gasteiger charge is -2.17. The molecule has 1 amide bonds. The second kappa shape index (κ2) is 9.07. The van der Waals surface area contributed by atoms with E-state index < -0.39 is 22.6 Å². The van der Waals surface area contributed by atoms with E-state index in [1.165, 1.54) is 12.1 Å². The van der Waals surface area contributed by atoms with Crippen molar-refractivity contribution in [2.45, 2.75) is 25.2 Å². The number of nitrogens with zero attached hydrogens (tertiary/aromatic N) is 1. The van der Waals surface area contributed by atoms with Gasteiger partial charge in [-0.15, -0.1) is 0 Å². The Bertz CT molecular complexity index is 1330. The summed E-state index contributed by atoms with van der Waals surface area (Å²) in [5.74, 6) is -1.07. The van der Waals surface area contributed by atoms with Crippen LogP contribution in [0.1, 0.15) is 27.0 Å². The summed E-state index contributed by atoms with van der Waals surface area (Å²) in [5, 5.41) is 0. The Morgan fingerprint density at radius 3 is 2.58 bits per heavy atom. The maximum Gasteiger partial charge on any atom is 0.338 e. The topological polar surface area (TPSA) is 92.8 Å². The summed E-state index contributed by atoms with van der Waals surface area (Å²) in [6.07, 6.45) is 0.753. The third-order valence-electron chi connectivity index (χ3n) is 5.52. The molecule has 3 aromatic carbocycles. The first-order chi connectivity index (χ1) is 15.7. The molecule has 0 saturated heterocycles. The van der Waals surface area contributed by atoms with Crippen molar-refractivity contribution in [3.8, 4) is 0 Å². The molecule has 0 unspecified atom stereocenters. The number of sulfonamides is 1.